The van der Waals surface area contributed by atoms with Crippen molar-refractivity contribution in [1.29, 1.82) is 0 Å². The molecule has 3 heterocycles. The first kappa shape index (κ1) is 16.1. The number of nitrogens with zero attached hydrogens (tertiary/aromatic N) is 5. The predicted octanol–water partition coefficient (Wildman–Crippen LogP) is 2.95. The van der Waals surface area contributed by atoms with E-state index in [0.29, 0.717) is 17.2 Å². The molecular formula is C18H14F2N6. The molecule has 3 aromatic heterocycles. The third-order valence-corrected chi connectivity index (χ3v) is 4.06. The van der Waals surface area contributed by atoms with E-state index < -0.39 is 5.82 Å². The number of halogens is 2. The Hall–Kier alpha value is -3.42. The summed E-state index contributed by atoms with van der Waals surface area (Å²) in [5.41, 5.74) is 8.85. The third kappa shape index (κ3) is 2.75. The van der Waals surface area contributed by atoms with Crippen LogP contribution in [0, 0.1) is 18.6 Å². The van der Waals surface area contributed by atoms with Crippen molar-refractivity contribution in [2.75, 3.05) is 5.73 Å². The maximum absolute atomic E-state index is 13.8. The molecule has 8 heteroatoms. The van der Waals surface area contributed by atoms with Crippen molar-refractivity contribution >= 4 is 11.6 Å². The molecule has 4 rings (SSSR count). The number of nitrogen functional groups attached to an aromatic ring is 1. The first-order valence-electron chi connectivity index (χ1n) is 7.90. The second-order valence-corrected chi connectivity index (χ2v) is 5.82. The third-order valence-electron chi connectivity index (χ3n) is 4.06. The van der Waals surface area contributed by atoms with Crippen molar-refractivity contribution in [2.45, 2.75) is 13.3 Å². The van der Waals surface area contributed by atoms with E-state index in [1.54, 1.807) is 12.1 Å². The number of benzene rings is 1. The van der Waals surface area contributed by atoms with Crippen LogP contribution in [0.1, 0.15) is 17.1 Å². The summed E-state index contributed by atoms with van der Waals surface area (Å²) in [5, 5.41) is 4.31. The van der Waals surface area contributed by atoms with E-state index in [2.05, 4.69) is 20.1 Å². The van der Waals surface area contributed by atoms with Crippen LogP contribution in [0.4, 0.5) is 14.7 Å². The van der Waals surface area contributed by atoms with Crippen molar-refractivity contribution in [3.8, 4) is 11.3 Å². The molecule has 0 amide bonds. The molecule has 0 aliphatic carbocycles. The van der Waals surface area contributed by atoms with Crippen LogP contribution >= 0.6 is 0 Å². The molecular weight excluding hydrogens is 338 g/mol. The van der Waals surface area contributed by atoms with Crippen LogP contribution in [0.5, 0.6) is 0 Å². The van der Waals surface area contributed by atoms with Gasteiger partial charge in [-0.1, -0.05) is 0 Å². The summed E-state index contributed by atoms with van der Waals surface area (Å²) in [6.45, 7) is 1.83. The van der Waals surface area contributed by atoms with E-state index in [1.165, 1.54) is 35.0 Å². The molecule has 0 unspecified atom stereocenters. The number of nitrogens with two attached hydrogens (primary N) is 1. The SMILES string of the molecule is Cc1c(-c2ccc(F)cc2)nc(N)n2nc(Cc3ncccc3F)nc12. The molecule has 130 valence electrons. The average Bonchev–Trinajstić information content (AvgIpc) is 3.06. The van der Waals surface area contributed by atoms with Gasteiger partial charge < -0.3 is 5.73 Å². The molecule has 0 spiro atoms. The molecule has 0 bridgehead atoms. The quantitative estimate of drug-likeness (QED) is 0.613. The van der Waals surface area contributed by atoms with Crippen LogP contribution in [-0.4, -0.2) is 24.6 Å². The predicted molar refractivity (Wildman–Crippen MR) is 92.3 cm³/mol. The topological polar surface area (TPSA) is 82.0 Å². The largest absolute Gasteiger partial charge is 0.368 e. The lowest BCUT2D eigenvalue weighted by atomic mass is 10.1. The number of hydrogen-bond donors (Lipinski definition) is 1. The van der Waals surface area contributed by atoms with Gasteiger partial charge in [-0.2, -0.15) is 4.52 Å². The summed E-state index contributed by atoms with van der Waals surface area (Å²) in [6.07, 6.45) is 1.65. The Balaban J connectivity index is 1.81. The van der Waals surface area contributed by atoms with Crippen LogP contribution in [0.2, 0.25) is 0 Å². The number of pyridine rings is 1. The number of aromatic nitrogens is 5. The molecule has 2 N–H and O–H groups in total. The van der Waals surface area contributed by atoms with E-state index in [9.17, 15) is 8.78 Å². The minimum Gasteiger partial charge on any atom is -0.368 e. The van der Waals surface area contributed by atoms with Crippen LogP contribution in [0.15, 0.2) is 42.6 Å². The molecule has 0 saturated carbocycles. The number of rotatable bonds is 3. The molecule has 26 heavy (non-hydrogen) atoms. The average molecular weight is 352 g/mol. The molecule has 0 aliphatic heterocycles. The number of fused-ring (bicyclic) bond motifs is 1. The summed E-state index contributed by atoms with van der Waals surface area (Å²) >= 11 is 0. The van der Waals surface area contributed by atoms with E-state index in [1.807, 2.05) is 6.92 Å². The van der Waals surface area contributed by atoms with E-state index in [-0.39, 0.29) is 23.9 Å². The van der Waals surface area contributed by atoms with Gasteiger partial charge in [0.15, 0.2) is 11.5 Å². The first-order chi connectivity index (χ1) is 12.5. The Morgan fingerprint density at radius 3 is 2.58 bits per heavy atom. The summed E-state index contributed by atoms with van der Waals surface area (Å²) in [7, 11) is 0. The lowest BCUT2D eigenvalue weighted by molar-refractivity contribution is 0.601. The van der Waals surface area contributed by atoms with Crippen LogP contribution in [0.3, 0.4) is 0 Å². The number of hydrogen-bond acceptors (Lipinski definition) is 5. The highest BCUT2D eigenvalue weighted by molar-refractivity contribution is 5.71. The molecule has 0 atom stereocenters. The highest BCUT2D eigenvalue weighted by Crippen LogP contribution is 2.26. The molecule has 0 saturated heterocycles. The molecule has 0 fully saturated rings. The minimum atomic E-state index is -0.416. The second-order valence-electron chi connectivity index (χ2n) is 5.82. The van der Waals surface area contributed by atoms with E-state index in [0.717, 1.165) is 11.1 Å². The molecule has 1 aromatic carbocycles. The summed E-state index contributed by atoms with van der Waals surface area (Å²) < 4.78 is 28.4. The van der Waals surface area contributed by atoms with Crippen LogP contribution in [-0.2, 0) is 6.42 Å². The second kappa shape index (κ2) is 6.14. The highest BCUT2D eigenvalue weighted by Gasteiger charge is 2.16. The van der Waals surface area contributed by atoms with Gasteiger partial charge in [-0.25, -0.2) is 18.7 Å². The van der Waals surface area contributed by atoms with Gasteiger partial charge >= 0.3 is 0 Å². The van der Waals surface area contributed by atoms with Crippen LogP contribution in [0.25, 0.3) is 16.9 Å². The fourth-order valence-corrected chi connectivity index (χ4v) is 2.77. The summed E-state index contributed by atoms with van der Waals surface area (Å²) in [6, 6.07) is 8.83. The van der Waals surface area contributed by atoms with Crippen molar-refractivity contribution in [2.24, 2.45) is 0 Å². The van der Waals surface area contributed by atoms with E-state index in [4.69, 9.17) is 5.73 Å². The van der Waals surface area contributed by atoms with Crippen LogP contribution < -0.4 is 5.73 Å². The van der Waals surface area contributed by atoms with Crippen molar-refractivity contribution < 1.29 is 8.78 Å². The highest BCUT2D eigenvalue weighted by atomic mass is 19.1. The van der Waals surface area contributed by atoms with E-state index >= 15 is 0 Å². The number of aryl methyl sites for hydroxylation is 1. The maximum Gasteiger partial charge on any atom is 0.223 e. The monoisotopic (exact) mass is 352 g/mol. The maximum atomic E-state index is 13.8. The molecule has 0 radical (unpaired) electrons. The zero-order chi connectivity index (χ0) is 18.3. The fourth-order valence-electron chi connectivity index (χ4n) is 2.77. The normalized spacial score (nSPS) is 11.2. The standard InChI is InChI=1S/C18H14F2N6/c1-10-16(11-4-6-12(19)7-5-11)24-18(21)26-17(10)23-15(25-26)9-14-13(20)3-2-8-22-14/h2-8H,9H2,1H3,(H2,21,24). The zero-order valence-corrected chi connectivity index (χ0v) is 13.8. The van der Waals surface area contributed by atoms with Gasteiger partial charge in [0.05, 0.1) is 17.8 Å². The minimum absolute atomic E-state index is 0.138. The summed E-state index contributed by atoms with van der Waals surface area (Å²) in [4.78, 5) is 12.8. The Morgan fingerprint density at radius 2 is 1.85 bits per heavy atom. The van der Waals surface area contributed by atoms with Gasteiger partial charge in [-0.3, -0.25) is 4.98 Å². The first-order valence-corrected chi connectivity index (χ1v) is 7.90. The van der Waals surface area contributed by atoms with Gasteiger partial charge in [0.1, 0.15) is 11.6 Å². The van der Waals surface area contributed by atoms with Gasteiger partial charge in [0.25, 0.3) is 0 Å². The van der Waals surface area contributed by atoms with Gasteiger partial charge in [0, 0.05) is 17.3 Å². The number of anilines is 1. The Kier molecular flexibility index (Phi) is 3.80. The molecule has 0 aliphatic rings. The lowest BCUT2D eigenvalue weighted by Crippen LogP contribution is -2.06. The smallest absolute Gasteiger partial charge is 0.223 e. The Morgan fingerprint density at radius 1 is 1.08 bits per heavy atom. The van der Waals surface area contributed by atoms with Gasteiger partial charge in [0.2, 0.25) is 5.95 Å². The van der Waals surface area contributed by atoms with Gasteiger partial charge in [-0.05, 0) is 43.3 Å². The molecule has 4 aromatic rings. The van der Waals surface area contributed by atoms with Crippen molar-refractivity contribution in [1.82, 2.24) is 24.6 Å². The lowest BCUT2D eigenvalue weighted by Gasteiger charge is -2.07. The summed E-state index contributed by atoms with van der Waals surface area (Å²) in [5.74, 6) is -0.218. The zero-order valence-electron chi connectivity index (χ0n) is 13.8. The van der Waals surface area contributed by atoms with Crippen molar-refractivity contribution in [3.05, 3.63) is 71.3 Å². The Bertz CT molecular complexity index is 1100. The van der Waals surface area contributed by atoms with Crippen molar-refractivity contribution in [3.63, 3.8) is 0 Å². The van der Waals surface area contributed by atoms with Gasteiger partial charge in [-0.15, -0.1) is 5.10 Å². The fraction of sp³-hybridized carbons (Fsp3) is 0.111. The molecule has 6 nitrogen and oxygen atoms in total. The Labute approximate surface area is 147 Å².